The lowest BCUT2D eigenvalue weighted by molar-refractivity contribution is 0.734. The van der Waals surface area contributed by atoms with Gasteiger partial charge < -0.3 is 0 Å². The Kier molecular flexibility index (Phi) is 3.47. The predicted octanol–water partition coefficient (Wildman–Crippen LogP) is 5.10. The van der Waals surface area contributed by atoms with Gasteiger partial charge in [0.05, 0.1) is 0 Å². The maximum absolute atomic E-state index is 2.39. The van der Waals surface area contributed by atoms with Crippen LogP contribution in [0.2, 0.25) is 0 Å². The molecule has 0 heteroatoms. The molecular formula is C18H24. The van der Waals surface area contributed by atoms with Gasteiger partial charge in [-0.1, -0.05) is 60.1 Å². The molecule has 1 fully saturated rings. The molecule has 2 atom stereocenters. The SMILES string of the molecule is C/C=C(C)/C=C/C1CC1(C)c1cc(C)cc(C)c1. The third kappa shape index (κ3) is 2.58. The van der Waals surface area contributed by atoms with Crippen LogP contribution in [0.5, 0.6) is 0 Å². The second-order valence-corrected chi connectivity index (χ2v) is 6.00. The van der Waals surface area contributed by atoms with Crippen molar-refractivity contribution < 1.29 is 0 Å². The average molecular weight is 240 g/mol. The number of allylic oxidation sites excluding steroid dienone is 4. The molecular weight excluding hydrogens is 216 g/mol. The van der Waals surface area contributed by atoms with E-state index in [2.05, 4.69) is 71.0 Å². The van der Waals surface area contributed by atoms with E-state index in [9.17, 15) is 0 Å². The molecule has 0 aromatic heterocycles. The van der Waals surface area contributed by atoms with Crippen LogP contribution in [0.1, 0.15) is 43.9 Å². The fraction of sp³-hybridized carbons (Fsp3) is 0.444. The van der Waals surface area contributed by atoms with Crippen LogP contribution in [-0.4, -0.2) is 0 Å². The van der Waals surface area contributed by atoms with Crippen molar-refractivity contribution in [3.05, 3.63) is 58.7 Å². The highest BCUT2D eigenvalue weighted by atomic mass is 14.5. The molecule has 1 aromatic carbocycles. The second kappa shape index (κ2) is 4.76. The maximum Gasteiger partial charge on any atom is -0.000602 e. The van der Waals surface area contributed by atoms with Gasteiger partial charge in [-0.2, -0.15) is 0 Å². The fourth-order valence-electron chi connectivity index (χ4n) is 2.68. The summed E-state index contributed by atoms with van der Waals surface area (Å²) in [5.74, 6) is 0.702. The van der Waals surface area contributed by atoms with Crippen molar-refractivity contribution in [1.29, 1.82) is 0 Å². The molecule has 0 radical (unpaired) electrons. The van der Waals surface area contributed by atoms with Crippen molar-refractivity contribution in [3.63, 3.8) is 0 Å². The fourth-order valence-corrected chi connectivity index (χ4v) is 2.68. The molecule has 1 aliphatic carbocycles. The van der Waals surface area contributed by atoms with E-state index in [-0.39, 0.29) is 0 Å². The average Bonchev–Trinajstić information content (AvgIpc) is 2.98. The molecule has 96 valence electrons. The lowest BCUT2D eigenvalue weighted by atomic mass is 9.92. The third-order valence-corrected chi connectivity index (χ3v) is 4.23. The van der Waals surface area contributed by atoms with E-state index in [4.69, 9.17) is 0 Å². The van der Waals surface area contributed by atoms with Crippen molar-refractivity contribution in [2.45, 2.75) is 46.5 Å². The zero-order valence-corrected chi connectivity index (χ0v) is 12.2. The van der Waals surface area contributed by atoms with E-state index in [0.29, 0.717) is 11.3 Å². The van der Waals surface area contributed by atoms with Gasteiger partial charge in [-0.05, 0) is 51.0 Å². The van der Waals surface area contributed by atoms with Crippen molar-refractivity contribution >= 4 is 0 Å². The largest absolute Gasteiger partial charge is 0.0847 e. The van der Waals surface area contributed by atoms with Crippen LogP contribution < -0.4 is 0 Å². The van der Waals surface area contributed by atoms with Gasteiger partial charge in [0.15, 0.2) is 0 Å². The normalized spacial score (nSPS) is 27.8. The van der Waals surface area contributed by atoms with E-state index in [1.54, 1.807) is 0 Å². The lowest BCUT2D eigenvalue weighted by Gasteiger charge is -2.12. The van der Waals surface area contributed by atoms with E-state index < -0.39 is 0 Å². The molecule has 1 aromatic rings. The molecule has 18 heavy (non-hydrogen) atoms. The van der Waals surface area contributed by atoms with E-state index in [1.807, 2.05) is 0 Å². The first-order valence-corrected chi connectivity index (χ1v) is 6.85. The Bertz CT molecular complexity index is 485. The molecule has 0 bridgehead atoms. The third-order valence-electron chi connectivity index (χ3n) is 4.23. The van der Waals surface area contributed by atoms with Gasteiger partial charge in [-0.3, -0.25) is 0 Å². The van der Waals surface area contributed by atoms with Crippen LogP contribution >= 0.6 is 0 Å². The molecule has 1 aliphatic rings. The quantitative estimate of drug-likeness (QED) is 0.644. The Labute approximate surface area is 111 Å². The Morgan fingerprint density at radius 2 is 1.83 bits per heavy atom. The summed E-state index contributed by atoms with van der Waals surface area (Å²) in [5, 5.41) is 0. The highest BCUT2D eigenvalue weighted by Gasteiger charge is 2.49. The van der Waals surface area contributed by atoms with Crippen molar-refractivity contribution in [1.82, 2.24) is 0 Å². The molecule has 0 nitrogen and oxygen atoms in total. The lowest BCUT2D eigenvalue weighted by Crippen LogP contribution is -2.04. The van der Waals surface area contributed by atoms with Gasteiger partial charge in [0, 0.05) is 0 Å². The van der Waals surface area contributed by atoms with E-state index in [1.165, 1.54) is 28.7 Å². The summed E-state index contributed by atoms with van der Waals surface area (Å²) in [4.78, 5) is 0. The minimum atomic E-state index is 0.362. The Morgan fingerprint density at radius 1 is 1.22 bits per heavy atom. The van der Waals surface area contributed by atoms with Crippen molar-refractivity contribution in [3.8, 4) is 0 Å². The summed E-state index contributed by atoms with van der Waals surface area (Å²) < 4.78 is 0. The van der Waals surface area contributed by atoms with Gasteiger partial charge in [-0.15, -0.1) is 0 Å². The summed E-state index contributed by atoms with van der Waals surface area (Å²) in [5.41, 5.74) is 5.98. The maximum atomic E-state index is 2.39. The summed E-state index contributed by atoms with van der Waals surface area (Å²) in [6.07, 6.45) is 8.09. The second-order valence-electron chi connectivity index (χ2n) is 6.00. The minimum Gasteiger partial charge on any atom is -0.0847 e. The smallest absolute Gasteiger partial charge is 0.000602 e. The molecule has 0 amide bonds. The first-order valence-electron chi connectivity index (χ1n) is 6.85. The zero-order chi connectivity index (χ0) is 13.3. The Morgan fingerprint density at radius 3 is 2.39 bits per heavy atom. The topological polar surface area (TPSA) is 0 Å². The monoisotopic (exact) mass is 240 g/mol. The van der Waals surface area contributed by atoms with Gasteiger partial charge in [0.2, 0.25) is 0 Å². The molecule has 0 saturated heterocycles. The highest BCUT2D eigenvalue weighted by Crippen LogP contribution is 2.55. The van der Waals surface area contributed by atoms with Crippen LogP contribution in [0.3, 0.4) is 0 Å². The molecule has 0 aliphatic heterocycles. The predicted molar refractivity (Wildman–Crippen MR) is 79.9 cm³/mol. The molecule has 0 heterocycles. The first kappa shape index (κ1) is 13.1. The van der Waals surface area contributed by atoms with Gasteiger partial charge >= 0.3 is 0 Å². The van der Waals surface area contributed by atoms with Crippen LogP contribution in [0, 0.1) is 19.8 Å². The van der Waals surface area contributed by atoms with Crippen LogP contribution in [0.25, 0.3) is 0 Å². The summed E-state index contributed by atoms with van der Waals surface area (Å²) in [6, 6.07) is 6.96. The molecule has 0 N–H and O–H groups in total. The Balaban J connectivity index is 2.18. The molecule has 1 saturated carbocycles. The highest BCUT2D eigenvalue weighted by molar-refractivity contribution is 5.40. The molecule has 2 unspecified atom stereocenters. The van der Waals surface area contributed by atoms with Crippen LogP contribution in [0.15, 0.2) is 42.0 Å². The number of rotatable bonds is 3. The van der Waals surface area contributed by atoms with Crippen molar-refractivity contribution in [2.75, 3.05) is 0 Å². The van der Waals surface area contributed by atoms with E-state index >= 15 is 0 Å². The standard InChI is InChI=1S/C18H24/c1-6-13(2)7-8-16-12-18(16,5)17-10-14(3)9-15(4)11-17/h6-11,16H,12H2,1-5H3/b8-7+,13-6+. The zero-order valence-electron chi connectivity index (χ0n) is 12.2. The molecule has 0 spiro atoms. The number of hydrogen-bond donors (Lipinski definition) is 0. The summed E-state index contributed by atoms with van der Waals surface area (Å²) in [7, 11) is 0. The van der Waals surface area contributed by atoms with E-state index in [0.717, 1.165) is 0 Å². The first-order chi connectivity index (χ1) is 8.45. The van der Waals surface area contributed by atoms with Gasteiger partial charge in [-0.25, -0.2) is 0 Å². The Hall–Kier alpha value is -1.30. The summed E-state index contributed by atoms with van der Waals surface area (Å²) in [6.45, 7) is 11.0. The number of aryl methyl sites for hydroxylation is 2. The molecule has 2 rings (SSSR count). The minimum absolute atomic E-state index is 0.362. The summed E-state index contributed by atoms with van der Waals surface area (Å²) >= 11 is 0. The van der Waals surface area contributed by atoms with Crippen LogP contribution in [0.4, 0.5) is 0 Å². The van der Waals surface area contributed by atoms with Crippen molar-refractivity contribution in [2.24, 2.45) is 5.92 Å². The van der Waals surface area contributed by atoms with Gasteiger partial charge in [0.25, 0.3) is 0 Å². The van der Waals surface area contributed by atoms with Gasteiger partial charge in [0.1, 0.15) is 0 Å². The van der Waals surface area contributed by atoms with Crippen LogP contribution in [-0.2, 0) is 5.41 Å². The number of benzene rings is 1. The number of hydrogen-bond acceptors (Lipinski definition) is 0.